The molecule has 1 aliphatic rings. The maximum atomic E-state index is 13.7. The van der Waals surface area contributed by atoms with Gasteiger partial charge in [0.1, 0.15) is 11.5 Å². The SMILES string of the molecule is CCOc1ccccc1-c1cc(C(=O)N2N=C(C(F)F)CC2(O)C(F)F)c2ccccc2n1. The summed E-state index contributed by atoms with van der Waals surface area (Å²) in [5.41, 5.74) is -3.09. The molecule has 0 radical (unpaired) electrons. The Labute approximate surface area is 186 Å². The molecule has 4 rings (SSSR count). The number of rotatable bonds is 6. The lowest BCUT2D eigenvalue weighted by atomic mass is 10.0. The molecule has 2 heterocycles. The number of aliphatic hydroxyl groups is 1. The molecule has 172 valence electrons. The van der Waals surface area contributed by atoms with Gasteiger partial charge in [0, 0.05) is 17.4 Å². The van der Waals surface area contributed by atoms with E-state index in [1.165, 1.54) is 6.07 Å². The Hall–Kier alpha value is -3.53. The molecule has 0 spiro atoms. The van der Waals surface area contributed by atoms with E-state index in [4.69, 9.17) is 4.74 Å². The van der Waals surface area contributed by atoms with Gasteiger partial charge >= 0.3 is 0 Å². The first-order valence-corrected chi connectivity index (χ1v) is 10.1. The Morgan fingerprint density at radius 1 is 1.15 bits per heavy atom. The van der Waals surface area contributed by atoms with Crippen LogP contribution < -0.4 is 4.74 Å². The van der Waals surface area contributed by atoms with Crippen LogP contribution in [0, 0.1) is 0 Å². The van der Waals surface area contributed by atoms with Crippen LogP contribution in [0.3, 0.4) is 0 Å². The van der Waals surface area contributed by atoms with Crippen LogP contribution in [0.2, 0.25) is 0 Å². The average Bonchev–Trinajstić information content (AvgIpc) is 3.18. The van der Waals surface area contributed by atoms with Gasteiger partial charge in [-0.1, -0.05) is 30.3 Å². The van der Waals surface area contributed by atoms with Crippen molar-refractivity contribution in [2.24, 2.45) is 5.10 Å². The number of aromatic nitrogens is 1. The van der Waals surface area contributed by atoms with Gasteiger partial charge < -0.3 is 9.84 Å². The normalized spacial score (nSPS) is 18.3. The van der Waals surface area contributed by atoms with Crippen LogP contribution in [-0.2, 0) is 0 Å². The van der Waals surface area contributed by atoms with Gasteiger partial charge in [0.25, 0.3) is 18.8 Å². The maximum Gasteiger partial charge on any atom is 0.287 e. The number of ether oxygens (including phenoxy) is 1. The van der Waals surface area contributed by atoms with Crippen molar-refractivity contribution in [1.29, 1.82) is 0 Å². The second kappa shape index (κ2) is 8.78. The molecule has 1 atom stereocenters. The van der Waals surface area contributed by atoms with Crippen molar-refractivity contribution >= 4 is 22.5 Å². The van der Waals surface area contributed by atoms with E-state index >= 15 is 0 Å². The van der Waals surface area contributed by atoms with Gasteiger partial charge in [0.15, 0.2) is 0 Å². The summed E-state index contributed by atoms with van der Waals surface area (Å²) in [6.45, 7) is 2.17. The highest BCUT2D eigenvalue weighted by Gasteiger charge is 2.53. The highest BCUT2D eigenvalue weighted by molar-refractivity contribution is 6.08. The third-order valence-corrected chi connectivity index (χ3v) is 5.24. The highest BCUT2D eigenvalue weighted by Crippen LogP contribution is 2.37. The Balaban J connectivity index is 1.90. The molecule has 1 amide bonds. The summed E-state index contributed by atoms with van der Waals surface area (Å²) in [5.74, 6) is -0.661. The van der Waals surface area contributed by atoms with E-state index in [-0.39, 0.29) is 16.0 Å². The molecule has 0 saturated carbocycles. The summed E-state index contributed by atoms with van der Waals surface area (Å²) >= 11 is 0. The first-order valence-electron chi connectivity index (χ1n) is 10.1. The number of halogens is 4. The Kier molecular flexibility index (Phi) is 6.03. The smallest absolute Gasteiger partial charge is 0.287 e. The molecule has 0 aliphatic carbocycles. The number of amides is 1. The molecule has 1 unspecified atom stereocenters. The summed E-state index contributed by atoms with van der Waals surface area (Å²) in [6.07, 6.45) is -7.87. The number of fused-ring (bicyclic) bond motifs is 1. The molecule has 0 saturated heterocycles. The van der Waals surface area contributed by atoms with Crippen LogP contribution in [0.4, 0.5) is 17.6 Å². The molecule has 33 heavy (non-hydrogen) atoms. The van der Waals surface area contributed by atoms with E-state index in [0.29, 0.717) is 29.1 Å². The molecule has 0 fully saturated rings. The highest BCUT2D eigenvalue weighted by atomic mass is 19.3. The average molecular weight is 461 g/mol. The monoisotopic (exact) mass is 461 g/mol. The summed E-state index contributed by atoms with van der Waals surface area (Å²) in [5, 5.41) is 14.1. The lowest BCUT2D eigenvalue weighted by molar-refractivity contribution is -0.164. The van der Waals surface area contributed by atoms with Gasteiger partial charge in [-0.25, -0.2) is 22.5 Å². The van der Waals surface area contributed by atoms with E-state index in [9.17, 15) is 27.5 Å². The van der Waals surface area contributed by atoms with Crippen molar-refractivity contribution in [3.8, 4) is 17.0 Å². The summed E-state index contributed by atoms with van der Waals surface area (Å²) in [7, 11) is 0. The van der Waals surface area contributed by atoms with Crippen molar-refractivity contribution in [3.05, 3.63) is 60.2 Å². The quantitative estimate of drug-likeness (QED) is 0.539. The van der Waals surface area contributed by atoms with Gasteiger partial charge in [-0.3, -0.25) is 4.79 Å². The molecule has 1 aromatic heterocycles. The van der Waals surface area contributed by atoms with E-state index in [1.54, 1.807) is 55.5 Å². The van der Waals surface area contributed by atoms with Gasteiger partial charge in [0.05, 0.1) is 23.4 Å². The molecular weight excluding hydrogens is 442 g/mol. The molecule has 2 aromatic carbocycles. The second-order valence-electron chi connectivity index (χ2n) is 7.37. The van der Waals surface area contributed by atoms with E-state index in [1.807, 2.05) is 0 Å². The van der Waals surface area contributed by atoms with Crippen LogP contribution in [0.5, 0.6) is 5.75 Å². The number of nitrogens with zero attached hydrogens (tertiary/aromatic N) is 3. The minimum atomic E-state index is -3.52. The van der Waals surface area contributed by atoms with Crippen LogP contribution in [-0.4, -0.2) is 51.9 Å². The largest absolute Gasteiger partial charge is 0.493 e. The lowest BCUT2D eigenvalue weighted by Crippen LogP contribution is -2.51. The zero-order chi connectivity index (χ0) is 23.8. The Morgan fingerprint density at radius 2 is 1.85 bits per heavy atom. The van der Waals surface area contributed by atoms with Crippen LogP contribution in [0.25, 0.3) is 22.2 Å². The third kappa shape index (κ3) is 4.02. The summed E-state index contributed by atoms with van der Waals surface area (Å²) < 4.78 is 59.4. The molecule has 1 N–H and O–H groups in total. The van der Waals surface area contributed by atoms with Crippen LogP contribution in [0.1, 0.15) is 23.7 Å². The number of hydrazone groups is 1. The topological polar surface area (TPSA) is 75.0 Å². The predicted molar refractivity (Wildman–Crippen MR) is 114 cm³/mol. The molecule has 10 heteroatoms. The number of para-hydroxylation sites is 2. The fourth-order valence-electron chi connectivity index (χ4n) is 3.67. The number of alkyl halides is 4. The minimum Gasteiger partial charge on any atom is -0.493 e. The summed E-state index contributed by atoms with van der Waals surface area (Å²) in [6, 6.07) is 14.7. The molecular formula is C23H19F4N3O3. The lowest BCUT2D eigenvalue weighted by Gasteiger charge is -2.30. The minimum absolute atomic E-state index is 0.0547. The zero-order valence-electron chi connectivity index (χ0n) is 17.4. The number of hydrogen-bond donors (Lipinski definition) is 1. The number of carbonyl (C=O) groups excluding carboxylic acids is 1. The molecule has 6 nitrogen and oxygen atoms in total. The van der Waals surface area contributed by atoms with Crippen molar-refractivity contribution < 1.29 is 32.2 Å². The van der Waals surface area contributed by atoms with Gasteiger partial charge in [0.2, 0.25) is 5.72 Å². The van der Waals surface area contributed by atoms with Gasteiger partial charge in [-0.2, -0.15) is 10.1 Å². The maximum absolute atomic E-state index is 13.7. The van der Waals surface area contributed by atoms with Crippen molar-refractivity contribution in [3.63, 3.8) is 0 Å². The van der Waals surface area contributed by atoms with E-state index in [0.717, 1.165) is 0 Å². The summed E-state index contributed by atoms with van der Waals surface area (Å²) in [4.78, 5) is 17.9. The fourth-order valence-corrected chi connectivity index (χ4v) is 3.67. The van der Waals surface area contributed by atoms with E-state index in [2.05, 4.69) is 10.1 Å². The zero-order valence-corrected chi connectivity index (χ0v) is 17.4. The Morgan fingerprint density at radius 3 is 2.55 bits per heavy atom. The number of carbonyl (C=O) groups is 1. The van der Waals surface area contributed by atoms with Gasteiger partial charge in [-0.05, 0) is 31.2 Å². The van der Waals surface area contributed by atoms with E-state index < -0.39 is 36.6 Å². The molecule has 3 aromatic rings. The first-order chi connectivity index (χ1) is 15.8. The Bertz CT molecular complexity index is 1230. The number of hydrogen-bond acceptors (Lipinski definition) is 5. The number of pyridine rings is 1. The van der Waals surface area contributed by atoms with Crippen molar-refractivity contribution in [1.82, 2.24) is 9.99 Å². The third-order valence-electron chi connectivity index (χ3n) is 5.24. The van der Waals surface area contributed by atoms with Crippen LogP contribution >= 0.6 is 0 Å². The van der Waals surface area contributed by atoms with Crippen molar-refractivity contribution in [2.45, 2.75) is 31.9 Å². The fraction of sp³-hybridized carbons (Fsp3) is 0.261. The molecule has 0 bridgehead atoms. The first kappa shape index (κ1) is 22.7. The van der Waals surface area contributed by atoms with Crippen molar-refractivity contribution in [2.75, 3.05) is 6.61 Å². The van der Waals surface area contributed by atoms with Crippen LogP contribution in [0.15, 0.2) is 59.7 Å². The predicted octanol–water partition coefficient (Wildman–Crippen LogP) is 4.72. The van der Waals surface area contributed by atoms with Gasteiger partial charge in [-0.15, -0.1) is 0 Å². The standard InChI is InChI=1S/C23H19F4N3O3/c1-2-33-19-10-6-4-8-14(19)17-11-15(13-7-3-5-9-16(13)28-17)21(31)30-23(32,22(26)27)12-18(29-30)20(24)25/h3-11,20,22,32H,2,12H2,1H3. The number of benzene rings is 2. The second-order valence-corrected chi connectivity index (χ2v) is 7.37. The molecule has 1 aliphatic heterocycles.